The van der Waals surface area contributed by atoms with Gasteiger partial charge in [-0.2, -0.15) is 13.2 Å². The normalized spacial score (nSPS) is 11.2. The maximum atomic E-state index is 12.5. The van der Waals surface area contributed by atoms with Gasteiger partial charge in [0.25, 0.3) is 0 Å². The number of aromatic carboxylic acids is 1. The molecule has 0 spiro atoms. The number of carboxylic acid groups (broad SMARTS) is 1. The highest BCUT2D eigenvalue weighted by molar-refractivity contribution is 6.00. The van der Waals surface area contributed by atoms with E-state index in [1.165, 1.54) is 7.11 Å². The lowest BCUT2D eigenvalue weighted by Gasteiger charge is -2.12. The fourth-order valence-corrected chi connectivity index (χ4v) is 1.41. The summed E-state index contributed by atoms with van der Waals surface area (Å²) < 4.78 is 42.2. The minimum absolute atomic E-state index is 0.0312. The summed E-state index contributed by atoms with van der Waals surface area (Å²) in [5, 5.41) is 11.1. The first kappa shape index (κ1) is 16.0. The molecule has 0 fully saturated rings. The van der Waals surface area contributed by atoms with E-state index < -0.39 is 29.2 Å². The highest BCUT2D eigenvalue weighted by Gasteiger charge is 2.31. The number of alkyl halides is 3. The number of ether oxygens (including phenoxy) is 1. The molecule has 1 aromatic carbocycles. The third-order valence-corrected chi connectivity index (χ3v) is 2.38. The third kappa shape index (κ3) is 4.23. The Morgan fingerprint density at radius 3 is 2.50 bits per heavy atom. The van der Waals surface area contributed by atoms with Crippen molar-refractivity contribution < 1.29 is 32.6 Å². The Kier molecular flexibility index (Phi) is 5.09. The summed E-state index contributed by atoms with van der Waals surface area (Å²) in [6, 6.07) is 2.10. The van der Waals surface area contributed by atoms with Crippen LogP contribution < -0.4 is 5.32 Å². The average Bonchev–Trinajstić information content (AvgIpc) is 2.35. The molecule has 0 aromatic heterocycles. The molecule has 0 aliphatic rings. The number of carbonyl (C=O) groups is 2. The smallest absolute Gasteiger partial charge is 0.416 e. The van der Waals surface area contributed by atoms with Gasteiger partial charge in [-0.15, -0.1) is 0 Å². The highest BCUT2D eigenvalue weighted by atomic mass is 19.4. The summed E-state index contributed by atoms with van der Waals surface area (Å²) in [5.41, 5.74) is -1.90. The monoisotopic (exact) mass is 291 g/mol. The van der Waals surface area contributed by atoms with Crippen LogP contribution in [0.5, 0.6) is 0 Å². The first-order chi connectivity index (χ1) is 9.25. The largest absolute Gasteiger partial charge is 0.478 e. The number of methoxy groups -OCH3 is 1. The second kappa shape index (κ2) is 6.38. The lowest BCUT2D eigenvalue weighted by molar-refractivity contribution is -0.137. The van der Waals surface area contributed by atoms with Gasteiger partial charge in [0.2, 0.25) is 5.91 Å². The van der Waals surface area contributed by atoms with E-state index in [-0.39, 0.29) is 18.7 Å². The van der Waals surface area contributed by atoms with Crippen molar-refractivity contribution >= 4 is 17.6 Å². The van der Waals surface area contributed by atoms with Crippen LogP contribution >= 0.6 is 0 Å². The molecule has 0 bridgehead atoms. The van der Waals surface area contributed by atoms with Crippen molar-refractivity contribution in [1.29, 1.82) is 0 Å². The van der Waals surface area contributed by atoms with E-state index >= 15 is 0 Å². The molecule has 1 aromatic rings. The van der Waals surface area contributed by atoms with Crippen molar-refractivity contribution in [1.82, 2.24) is 0 Å². The summed E-state index contributed by atoms with van der Waals surface area (Å²) in [6.07, 6.45) is -4.68. The number of rotatable bonds is 5. The average molecular weight is 291 g/mol. The first-order valence-corrected chi connectivity index (χ1v) is 5.49. The maximum Gasteiger partial charge on any atom is 0.416 e. The Labute approximate surface area is 112 Å². The minimum Gasteiger partial charge on any atom is -0.478 e. The predicted molar refractivity (Wildman–Crippen MR) is 63.5 cm³/mol. The molecule has 0 saturated heterocycles. The third-order valence-electron chi connectivity index (χ3n) is 2.38. The Morgan fingerprint density at radius 2 is 2.00 bits per heavy atom. The molecule has 20 heavy (non-hydrogen) atoms. The molecule has 0 radical (unpaired) electrons. The van der Waals surface area contributed by atoms with Crippen molar-refractivity contribution in [3.05, 3.63) is 29.3 Å². The first-order valence-electron chi connectivity index (χ1n) is 5.49. The van der Waals surface area contributed by atoms with Crippen LogP contribution in [0.25, 0.3) is 0 Å². The number of hydrogen-bond donors (Lipinski definition) is 2. The number of hydrogen-bond acceptors (Lipinski definition) is 3. The number of anilines is 1. The second-order valence-corrected chi connectivity index (χ2v) is 3.85. The van der Waals surface area contributed by atoms with Crippen LogP contribution in [0.15, 0.2) is 18.2 Å². The molecule has 110 valence electrons. The Bertz CT molecular complexity index is 514. The zero-order valence-corrected chi connectivity index (χ0v) is 10.5. The van der Waals surface area contributed by atoms with Gasteiger partial charge in [-0.1, -0.05) is 0 Å². The molecule has 0 aliphatic carbocycles. The molecule has 0 aliphatic heterocycles. The number of carboxylic acids is 1. The summed E-state index contributed by atoms with van der Waals surface area (Å²) in [5.74, 6) is -2.10. The molecular formula is C12H12F3NO4. The van der Waals surface area contributed by atoms with Crippen LogP contribution in [0, 0.1) is 0 Å². The summed E-state index contributed by atoms with van der Waals surface area (Å²) in [4.78, 5) is 22.4. The van der Waals surface area contributed by atoms with Gasteiger partial charge in [0.15, 0.2) is 0 Å². The van der Waals surface area contributed by atoms with E-state index in [9.17, 15) is 22.8 Å². The molecule has 5 nitrogen and oxygen atoms in total. The standard InChI is InChI=1S/C12H12F3NO4/c1-20-5-4-10(17)16-9-3-2-7(12(13,14)15)6-8(9)11(18)19/h2-3,6H,4-5H2,1H3,(H,16,17)(H,18,19). The number of nitrogens with one attached hydrogen (secondary N) is 1. The van der Waals surface area contributed by atoms with E-state index in [1.807, 2.05) is 0 Å². The fraction of sp³-hybridized carbons (Fsp3) is 0.333. The maximum absolute atomic E-state index is 12.5. The van der Waals surface area contributed by atoms with Crippen LogP contribution in [0.3, 0.4) is 0 Å². The Hall–Kier alpha value is -2.09. The molecule has 2 N–H and O–H groups in total. The Balaban J connectivity index is 3.02. The Morgan fingerprint density at radius 1 is 1.35 bits per heavy atom. The molecule has 0 heterocycles. The van der Waals surface area contributed by atoms with Gasteiger partial charge >= 0.3 is 12.1 Å². The van der Waals surface area contributed by atoms with Gasteiger partial charge in [-0.3, -0.25) is 4.79 Å². The second-order valence-electron chi connectivity index (χ2n) is 3.85. The summed E-state index contributed by atoms with van der Waals surface area (Å²) in [6.45, 7) is 0.120. The van der Waals surface area contributed by atoms with Crippen molar-refractivity contribution in [2.45, 2.75) is 12.6 Å². The van der Waals surface area contributed by atoms with Crippen molar-refractivity contribution in [3.8, 4) is 0 Å². The molecule has 0 unspecified atom stereocenters. The molecule has 0 atom stereocenters. The van der Waals surface area contributed by atoms with E-state index in [0.717, 1.165) is 6.07 Å². The topological polar surface area (TPSA) is 75.6 Å². The predicted octanol–water partition coefficient (Wildman–Crippen LogP) is 2.38. The minimum atomic E-state index is -4.65. The SMILES string of the molecule is COCCC(=O)Nc1ccc(C(F)(F)F)cc1C(=O)O. The number of carbonyl (C=O) groups excluding carboxylic acids is 1. The summed E-state index contributed by atoms with van der Waals surface area (Å²) in [7, 11) is 1.38. The van der Waals surface area contributed by atoms with Crippen LogP contribution in [0.1, 0.15) is 22.3 Å². The van der Waals surface area contributed by atoms with Crippen LogP contribution in [0.2, 0.25) is 0 Å². The quantitative estimate of drug-likeness (QED) is 0.873. The summed E-state index contributed by atoms with van der Waals surface area (Å²) >= 11 is 0. The van der Waals surface area contributed by atoms with Crippen LogP contribution in [0.4, 0.5) is 18.9 Å². The van der Waals surface area contributed by atoms with Gasteiger partial charge in [-0.05, 0) is 18.2 Å². The zero-order chi connectivity index (χ0) is 15.3. The molecule has 1 amide bonds. The van der Waals surface area contributed by atoms with E-state index in [4.69, 9.17) is 5.11 Å². The molecule has 8 heteroatoms. The molecule has 0 saturated carbocycles. The lowest BCUT2D eigenvalue weighted by atomic mass is 10.1. The number of benzene rings is 1. The molecule has 1 rings (SSSR count). The number of amides is 1. The van der Waals surface area contributed by atoms with Gasteiger partial charge in [0.05, 0.1) is 29.8 Å². The van der Waals surface area contributed by atoms with Crippen molar-refractivity contribution in [2.75, 3.05) is 19.0 Å². The van der Waals surface area contributed by atoms with E-state index in [0.29, 0.717) is 12.1 Å². The highest BCUT2D eigenvalue weighted by Crippen LogP contribution is 2.31. The van der Waals surface area contributed by atoms with Gasteiger partial charge < -0.3 is 15.2 Å². The van der Waals surface area contributed by atoms with Crippen molar-refractivity contribution in [3.63, 3.8) is 0 Å². The van der Waals surface area contributed by atoms with Crippen LogP contribution in [-0.2, 0) is 15.7 Å². The van der Waals surface area contributed by atoms with E-state index in [2.05, 4.69) is 10.1 Å². The van der Waals surface area contributed by atoms with Gasteiger partial charge in [0, 0.05) is 7.11 Å². The lowest BCUT2D eigenvalue weighted by Crippen LogP contribution is -2.17. The van der Waals surface area contributed by atoms with Crippen molar-refractivity contribution in [2.24, 2.45) is 0 Å². The van der Waals surface area contributed by atoms with Crippen LogP contribution in [-0.4, -0.2) is 30.7 Å². The van der Waals surface area contributed by atoms with E-state index in [1.54, 1.807) is 0 Å². The zero-order valence-electron chi connectivity index (χ0n) is 10.5. The fourth-order valence-electron chi connectivity index (χ4n) is 1.41. The van der Waals surface area contributed by atoms with Gasteiger partial charge in [-0.25, -0.2) is 4.79 Å². The molecular weight excluding hydrogens is 279 g/mol. The number of halogens is 3. The van der Waals surface area contributed by atoms with Gasteiger partial charge in [0.1, 0.15) is 0 Å².